The molecule has 1 saturated heterocycles. The lowest BCUT2D eigenvalue weighted by Gasteiger charge is -2.19. The zero-order chi connectivity index (χ0) is 23.0. The normalized spacial score (nSPS) is 15.2. The van der Waals surface area contributed by atoms with Gasteiger partial charge in [-0.2, -0.15) is 0 Å². The van der Waals surface area contributed by atoms with Crippen molar-refractivity contribution in [3.05, 3.63) is 83.9 Å². The van der Waals surface area contributed by atoms with Crippen molar-refractivity contribution in [1.82, 2.24) is 5.32 Å². The molecule has 0 aromatic heterocycles. The standard InChI is InChI=1S/C27H30N2O4/c1-31-24-10-6-9-23(16-24)29-14-13-21(18-29)17-28-27(30)22-11-12-25(26(15-22)32-2)33-19-20-7-4-3-5-8-20/h3-12,15-16,21H,13-14,17-19H2,1-2H3,(H,28,30). The van der Waals surface area contributed by atoms with Gasteiger partial charge in [0.25, 0.3) is 5.91 Å². The lowest BCUT2D eigenvalue weighted by atomic mass is 10.1. The first-order valence-electron chi connectivity index (χ1n) is 11.2. The van der Waals surface area contributed by atoms with Crippen molar-refractivity contribution >= 4 is 11.6 Å². The highest BCUT2D eigenvalue weighted by molar-refractivity contribution is 5.94. The van der Waals surface area contributed by atoms with Gasteiger partial charge in [0, 0.05) is 37.0 Å². The van der Waals surface area contributed by atoms with Gasteiger partial charge in [0.1, 0.15) is 12.4 Å². The Morgan fingerprint density at radius 3 is 2.61 bits per heavy atom. The minimum atomic E-state index is -0.109. The number of carbonyl (C=O) groups excluding carboxylic acids is 1. The molecule has 0 aliphatic carbocycles. The van der Waals surface area contributed by atoms with Crippen LogP contribution >= 0.6 is 0 Å². The van der Waals surface area contributed by atoms with Crippen LogP contribution in [0.25, 0.3) is 0 Å². The SMILES string of the molecule is COc1cccc(N2CCC(CNC(=O)c3ccc(OCc4ccccc4)c(OC)c3)C2)c1. The molecule has 172 valence electrons. The van der Waals surface area contributed by atoms with Gasteiger partial charge in [-0.15, -0.1) is 0 Å². The number of nitrogens with zero attached hydrogens (tertiary/aromatic N) is 1. The van der Waals surface area contributed by atoms with Gasteiger partial charge < -0.3 is 24.4 Å². The van der Waals surface area contributed by atoms with Crippen LogP contribution in [0.1, 0.15) is 22.3 Å². The highest BCUT2D eigenvalue weighted by atomic mass is 16.5. The van der Waals surface area contributed by atoms with E-state index in [4.69, 9.17) is 14.2 Å². The van der Waals surface area contributed by atoms with Crippen LogP contribution in [0.3, 0.4) is 0 Å². The highest BCUT2D eigenvalue weighted by Gasteiger charge is 2.23. The van der Waals surface area contributed by atoms with Gasteiger partial charge in [-0.05, 0) is 48.2 Å². The molecule has 3 aromatic carbocycles. The minimum Gasteiger partial charge on any atom is -0.497 e. The second-order valence-corrected chi connectivity index (χ2v) is 8.15. The number of benzene rings is 3. The fourth-order valence-electron chi connectivity index (χ4n) is 4.04. The van der Waals surface area contributed by atoms with Crippen molar-refractivity contribution in [1.29, 1.82) is 0 Å². The summed E-state index contributed by atoms with van der Waals surface area (Å²) < 4.78 is 16.7. The fraction of sp³-hybridized carbons (Fsp3) is 0.296. The van der Waals surface area contributed by atoms with Crippen LogP contribution in [0.2, 0.25) is 0 Å². The Bertz CT molecular complexity index is 1070. The molecular formula is C27H30N2O4. The summed E-state index contributed by atoms with van der Waals surface area (Å²) in [6.45, 7) is 2.94. The van der Waals surface area contributed by atoms with E-state index in [0.717, 1.165) is 36.5 Å². The molecule has 4 rings (SSSR count). The molecule has 0 radical (unpaired) electrons. The lowest BCUT2D eigenvalue weighted by Crippen LogP contribution is -2.31. The summed E-state index contributed by atoms with van der Waals surface area (Å²) in [6.07, 6.45) is 1.03. The largest absolute Gasteiger partial charge is 0.497 e. The number of nitrogens with one attached hydrogen (secondary N) is 1. The Hall–Kier alpha value is -3.67. The van der Waals surface area contributed by atoms with E-state index < -0.39 is 0 Å². The first-order valence-corrected chi connectivity index (χ1v) is 11.2. The summed E-state index contributed by atoms with van der Waals surface area (Å²) in [5.74, 6) is 2.30. The molecule has 1 aliphatic heterocycles. The maximum absolute atomic E-state index is 12.8. The molecule has 1 unspecified atom stereocenters. The number of rotatable bonds is 9. The van der Waals surface area contributed by atoms with Crippen molar-refractivity contribution < 1.29 is 19.0 Å². The van der Waals surface area contributed by atoms with Crippen molar-refractivity contribution in [2.75, 3.05) is 38.8 Å². The Labute approximate surface area is 195 Å². The summed E-state index contributed by atoms with van der Waals surface area (Å²) in [4.78, 5) is 15.1. The predicted octanol–water partition coefficient (Wildman–Crippen LogP) is 4.54. The van der Waals surface area contributed by atoms with Gasteiger partial charge in [-0.1, -0.05) is 36.4 Å². The van der Waals surface area contributed by atoms with Gasteiger partial charge in [-0.3, -0.25) is 4.79 Å². The van der Waals surface area contributed by atoms with E-state index in [-0.39, 0.29) is 5.91 Å². The van der Waals surface area contributed by atoms with Gasteiger partial charge >= 0.3 is 0 Å². The third-order valence-electron chi connectivity index (χ3n) is 5.92. The molecule has 33 heavy (non-hydrogen) atoms. The zero-order valence-corrected chi connectivity index (χ0v) is 19.1. The third kappa shape index (κ3) is 5.77. The van der Waals surface area contributed by atoms with Crippen LogP contribution < -0.4 is 24.4 Å². The summed E-state index contributed by atoms with van der Waals surface area (Å²) in [7, 11) is 3.26. The molecule has 0 spiro atoms. The maximum atomic E-state index is 12.8. The summed E-state index contributed by atoms with van der Waals surface area (Å²) in [6, 6.07) is 23.3. The van der Waals surface area contributed by atoms with Gasteiger partial charge in [0.15, 0.2) is 11.5 Å². The van der Waals surface area contributed by atoms with Crippen LogP contribution in [0, 0.1) is 5.92 Å². The summed E-state index contributed by atoms with van der Waals surface area (Å²) in [5, 5.41) is 3.08. The quantitative estimate of drug-likeness (QED) is 0.523. The number of methoxy groups -OCH3 is 2. The maximum Gasteiger partial charge on any atom is 0.251 e. The Morgan fingerprint density at radius 1 is 0.970 bits per heavy atom. The molecule has 1 amide bonds. The molecular weight excluding hydrogens is 416 g/mol. The van der Waals surface area contributed by atoms with Crippen LogP contribution in [-0.4, -0.2) is 39.8 Å². The predicted molar refractivity (Wildman–Crippen MR) is 129 cm³/mol. The molecule has 0 saturated carbocycles. The first kappa shape index (κ1) is 22.5. The average Bonchev–Trinajstić information content (AvgIpc) is 3.35. The van der Waals surface area contributed by atoms with Gasteiger partial charge in [-0.25, -0.2) is 0 Å². The number of anilines is 1. The number of hydrogen-bond donors (Lipinski definition) is 1. The van der Waals surface area contributed by atoms with Gasteiger partial charge in [0.2, 0.25) is 0 Å². The number of carbonyl (C=O) groups is 1. The van der Waals surface area contributed by atoms with Crippen LogP contribution in [0.4, 0.5) is 5.69 Å². The third-order valence-corrected chi connectivity index (χ3v) is 5.92. The van der Waals surface area contributed by atoms with E-state index in [1.807, 2.05) is 42.5 Å². The first-order chi connectivity index (χ1) is 16.2. The molecule has 3 aromatic rings. The lowest BCUT2D eigenvalue weighted by molar-refractivity contribution is 0.0948. The number of ether oxygens (including phenoxy) is 3. The van der Waals surface area contributed by atoms with E-state index >= 15 is 0 Å². The van der Waals surface area contributed by atoms with E-state index in [9.17, 15) is 4.79 Å². The van der Waals surface area contributed by atoms with Crippen molar-refractivity contribution in [3.8, 4) is 17.2 Å². The van der Waals surface area contributed by atoms with Crippen LogP contribution in [0.5, 0.6) is 17.2 Å². The topological polar surface area (TPSA) is 60.0 Å². The molecule has 1 N–H and O–H groups in total. The van der Waals surface area contributed by atoms with Gasteiger partial charge in [0.05, 0.1) is 14.2 Å². The molecule has 0 bridgehead atoms. The number of amides is 1. The molecule has 1 fully saturated rings. The fourth-order valence-corrected chi connectivity index (χ4v) is 4.04. The second kappa shape index (κ2) is 10.8. The molecule has 6 nitrogen and oxygen atoms in total. The van der Waals surface area contributed by atoms with E-state index in [1.165, 1.54) is 0 Å². The smallest absolute Gasteiger partial charge is 0.251 e. The Kier molecular flexibility index (Phi) is 7.35. The van der Waals surface area contributed by atoms with Crippen molar-refractivity contribution in [2.45, 2.75) is 13.0 Å². The van der Waals surface area contributed by atoms with E-state index in [0.29, 0.717) is 36.1 Å². The Morgan fingerprint density at radius 2 is 1.82 bits per heavy atom. The monoisotopic (exact) mass is 446 g/mol. The van der Waals surface area contributed by atoms with Crippen molar-refractivity contribution in [3.63, 3.8) is 0 Å². The average molecular weight is 447 g/mol. The zero-order valence-electron chi connectivity index (χ0n) is 19.1. The summed E-state index contributed by atoms with van der Waals surface area (Å²) >= 11 is 0. The van der Waals surface area contributed by atoms with Crippen molar-refractivity contribution in [2.24, 2.45) is 5.92 Å². The molecule has 1 heterocycles. The minimum absolute atomic E-state index is 0.109. The highest BCUT2D eigenvalue weighted by Crippen LogP contribution is 2.29. The summed E-state index contributed by atoms with van der Waals surface area (Å²) in [5.41, 5.74) is 2.78. The van der Waals surface area contributed by atoms with Crippen LogP contribution in [0.15, 0.2) is 72.8 Å². The molecule has 6 heteroatoms. The second-order valence-electron chi connectivity index (χ2n) is 8.15. The number of hydrogen-bond acceptors (Lipinski definition) is 5. The van der Waals surface area contributed by atoms with E-state index in [2.05, 4.69) is 22.3 Å². The van der Waals surface area contributed by atoms with E-state index in [1.54, 1.807) is 32.4 Å². The Balaban J connectivity index is 1.31. The van der Waals surface area contributed by atoms with Crippen LogP contribution in [-0.2, 0) is 6.61 Å². The molecule has 1 aliphatic rings. The molecule has 1 atom stereocenters.